The Labute approximate surface area is 432 Å². The number of carbonyl (C=O) groups is 6. The van der Waals surface area contributed by atoms with E-state index in [1.807, 2.05) is 13.8 Å². The molecule has 0 saturated heterocycles. The molecule has 0 aromatic carbocycles. The third-order valence-electron chi connectivity index (χ3n) is 17.1. The summed E-state index contributed by atoms with van der Waals surface area (Å²) in [5.74, 6) is -3.01. The highest BCUT2D eigenvalue weighted by Gasteiger charge is 2.86. The predicted octanol–water partition coefficient (Wildman–Crippen LogP) is 18.0. The average Bonchev–Trinajstić information content (AvgIpc) is 3.32. The molecule has 408 valence electrons. The molecular weight excluding hydrogens is 869 g/mol. The molecule has 70 heavy (non-hydrogen) atoms. The maximum absolute atomic E-state index is 16.4. The first-order chi connectivity index (χ1) is 33.6. The van der Waals surface area contributed by atoms with Crippen LogP contribution in [0.2, 0.25) is 0 Å². The van der Waals surface area contributed by atoms with Crippen molar-refractivity contribution in [3.05, 3.63) is 0 Å². The van der Waals surface area contributed by atoms with Crippen molar-refractivity contribution in [1.29, 1.82) is 0 Å². The molecule has 0 bridgehead atoms. The van der Waals surface area contributed by atoms with Crippen LogP contribution in [0, 0.1) is 21.7 Å². The summed E-state index contributed by atoms with van der Waals surface area (Å²) in [5.41, 5.74) is -11.1. The molecule has 1 rings (SSSR count). The van der Waals surface area contributed by atoms with Crippen molar-refractivity contribution in [3.63, 3.8) is 0 Å². The summed E-state index contributed by atoms with van der Waals surface area (Å²) in [7, 11) is 0. The standard InChI is InChI=1S/C63H114O7/c1-10-16-22-28-34-40-46-53(64)60(9)62(55(66)48-42-36-30-24-18-12-3,56(67)49-43-37-31-25-19-13-4)59(7,8)52-61(70,54(65)47-41-35-29-23-17-11-2)63(60,57(68)50-44-38-32-26-20-14-5)58(69)51-45-39-33-27-21-15-6/h70H,10-52H2,1-9H3. The van der Waals surface area contributed by atoms with Crippen molar-refractivity contribution < 1.29 is 33.9 Å². The molecule has 1 fully saturated rings. The van der Waals surface area contributed by atoms with E-state index in [2.05, 4.69) is 41.5 Å². The summed E-state index contributed by atoms with van der Waals surface area (Å²) in [4.78, 5) is 97.0. The van der Waals surface area contributed by atoms with E-state index >= 15 is 28.8 Å². The summed E-state index contributed by atoms with van der Waals surface area (Å²) in [5, 5.41) is 14.1. The van der Waals surface area contributed by atoms with Gasteiger partial charge in [0.25, 0.3) is 0 Å². The van der Waals surface area contributed by atoms with Gasteiger partial charge in [0.2, 0.25) is 0 Å². The molecule has 1 N–H and O–H groups in total. The summed E-state index contributed by atoms with van der Waals surface area (Å²) < 4.78 is 0. The van der Waals surface area contributed by atoms with Crippen LogP contribution < -0.4 is 0 Å². The minimum atomic E-state index is -2.60. The zero-order valence-corrected chi connectivity index (χ0v) is 47.8. The molecule has 0 aliphatic heterocycles. The zero-order chi connectivity index (χ0) is 52.4. The van der Waals surface area contributed by atoms with Crippen molar-refractivity contribution in [2.24, 2.45) is 21.7 Å². The van der Waals surface area contributed by atoms with E-state index in [1.165, 1.54) is 0 Å². The van der Waals surface area contributed by atoms with Crippen LogP contribution in [0.15, 0.2) is 0 Å². The maximum Gasteiger partial charge on any atom is 0.165 e. The topological polar surface area (TPSA) is 123 Å². The zero-order valence-electron chi connectivity index (χ0n) is 47.8. The molecule has 1 aliphatic carbocycles. The maximum atomic E-state index is 16.4. The second-order valence-electron chi connectivity index (χ2n) is 23.2. The third-order valence-corrected chi connectivity index (χ3v) is 17.1. The molecule has 1 saturated carbocycles. The molecule has 0 aromatic rings. The third kappa shape index (κ3) is 18.1. The smallest absolute Gasteiger partial charge is 0.165 e. The molecule has 0 amide bonds. The Morgan fingerprint density at radius 1 is 0.286 bits per heavy atom. The van der Waals surface area contributed by atoms with Gasteiger partial charge in [-0.15, -0.1) is 0 Å². The highest BCUT2D eigenvalue weighted by atomic mass is 16.3. The Morgan fingerprint density at radius 3 is 0.743 bits per heavy atom. The number of Topliss-reactive ketones (excluding diaryl/α,β-unsaturated/α-hetero) is 6. The Kier molecular flexibility index (Phi) is 34.7. The number of hydrogen-bond acceptors (Lipinski definition) is 7. The monoisotopic (exact) mass is 983 g/mol. The van der Waals surface area contributed by atoms with E-state index in [9.17, 15) is 5.11 Å². The van der Waals surface area contributed by atoms with Crippen LogP contribution in [-0.2, 0) is 28.8 Å². The Balaban J connectivity index is 4.57. The lowest BCUT2D eigenvalue weighted by Crippen LogP contribution is -2.83. The number of rotatable bonds is 48. The minimum absolute atomic E-state index is 0.0346. The van der Waals surface area contributed by atoms with Crippen LogP contribution in [0.5, 0.6) is 0 Å². The molecule has 0 spiro atoms. The van der Waals surface area contributed by atoms with Crippen LogP contribution in [-0.4, -0.2) is 45.4 Å². The Bertz CT molecular complexity index is 1420. The van der Waals surface area contributed by atoms with Crippen LogP contribution in [0.3, 0.4) is 0 Å². The average molecular weight is 984 g/mol. The molecule has 7 heteroatoms. The van der Waals surface area contributed by atoms with E-state index in [0.717, 1.165) is 193 Å². The van der Waals surface area contributed by atoms with Crippen molar-refractivity contribution in [2.75, 3.05) is 0 Å². The first kappa shape index (κ1) is 66.0. The summed E-state index contributed by atoms with van der Waals surface area (Å²) in [6.45, 7) is 18.2. The fraction of sp³-hybridized carbons (Fsp3) is 0.905. The normalized spacial score (nSPS) is 19.3. The van der Waals surface area contributed by atoms with Gasteiger partial charge in [-0.05, 0) is 57.3 Å². The lowest BCUT2D eigenvalue weighted by molar-refractivity contribution is -0.243. The number of aliphatic hydroxyl groups is 1. The second-order valence-corrected chi connectivity index (χ2v) is 23.2. The predicted molar refractivity (Wildman–Crippen MR) is 294 cm³/mol. The van der Waals surface area contributed by atoms with Crippen LogP contribution in [0.4, 0.5) is 0 Å². The van der Waals surface area contributed by atoms with Crippen LogP contribution in [0.1, 0.15) is 338 Å². The van der Waals surface area contributed by atoms with Gasteiger partial charge in [0.1, 0.15) is 33.8 Å². The van der Waals surface area contributed by atoms with Gasteiger partial charge in [-0.2, -0.15) is 0 Å². The number of hydrogen-bond donors (Lipinski definition) is 1. The van der Waals surface area contributed by atoms with Gasteiger partial charge in [-0.1, -0.05) is 248 Å². The molecule has 7 nitrogen and oxygen atoms in total. The highest BCUT2D eigenvalue weighted by Crippen LogP contribution is 2.73. The fourth-order valence-corrected chi connectivity index (χ4v) is 13.2. The largest absolute Gasteiger partial charge is 0.380 e. The van der Waals surface area contributed by atoms with E-state index < -0.39 is 56.8 Å². The summed E-state index contributed by atoms with van der Waals surface area (Å²) in [6.07, 6.45) is 31.5. The quantitative estimate of drug-likeness (QED) is 0.0476. The van der Waals surface area contributed by atoms with Gasteiger partial charge in [0, 0.05) is 38.5 Å². The molecule has 0 heterocycles. The van der Waals surface area contributed by atoms with Gasteiger partial charge in [0.15, 0.2) is 17.3 Å². The molecule has 1 aliphatic rings. The first-order valence-corrected chi connectivity index (χ1v) is 30.5. The molecular formula is C63H114O7. The van der Waals surface area contributed by atoms with Gasteiger partial charge < -0.3 is 5.11 Å². The van der Waals surface area contributed by atoms with E-state index in [4.69, 9.17) is 0 Å². The highest BCUT2D eigenvalue weighted by molar-refractivity contribution is 6.23. The van der Waals surface area contributed by atoms with E-state index in [-0.39, 0.29) is 50.1 Å². The van der Waals surface area contributed by atoms with Crippen molar-refractivity contribution in [3.8, 4) is 0 Å². The fourth-order valence-electron chi connectivity index (χ4n) is 13.2. The summed E-state index contributed by atoms with van der Waals surface area (Å²) >= 11 is 0. The number of carbonyl (C=O) groups excluding carboxylic acids is 6. The first-order valence-electron chi connectivity index (χ1n) is 30.5. The summed E-state index contributed by atoms with van der Waals surface area (Å²) in [6, 6.07) is 0. The van der Waals surface area contributed by atoms with E-state index in [1.54, 1.807) is 6.92 Å². The molecule has 2 atom stereocenters. The molecule has 0 aromatic heterocycles. The Morgan fingerprint density at radius 2 is 0.486 bits per heavy atom. The van der Waals surface area contributed by atoms with E-state index in [0.29, 0.717) is 38.5 Å². The minimum Gasteiger partial charge on any atom is -0.380 e. The van der Waals surface area contributed by atoms with Gasteiger partial charge >= 0.3 is 0 Å². The lowest BCUT2D eigenvalue weighted by atomic mass is 9.29. The van der Waals surface area contributed by atoms with Crippen molar-refractivity contribution >= 4 is 34.7 Å². The lowest BCUT2D eigenvalue weighted by Gasteiger charge is -2.69. The second kappa shape index (κ2) is 36.8. The van der Waals surface area contributed by atoms with Gasteiger partial charge in [0.05, 0.1) is 5.41 Å². The number of unbranched alkanes of at least 4 members (excludes halogenated alkanes) is 30. The van der Waals surface area contributed by atoms with Gasteiger partial charge in [-0.3, -0.25) is 28.8 Å². The van der Waals surface area contributed by atoms with Crippen LogP contribution in [0.25, 0.3) is 0 Å². The molecule has 2 unspecified atom stereocenters. The number of ketones is 6. The van der Waals surface area contributed by atoms with Crippen molar-refractivity contribution in [1.82, 2.24) is 0 Å². The van der Waals surface area contributed by atoms with Crippen LogP contribution >= 0.6 is 0 Å². The van der Waals surface area contributed by atoms with Gasteiger partial charge in [-0.25, -0.2) is 0 Å². The SMILES string of the molecule is CCCCCCCCC(=O)C1(O)CC(C)(C)C(C(=O)CCCCCCCC)(C(=O)CCCCCCCC)C(C)(C(=O)CCCCCCCC)C1(C(=O)CCCCCCCC)C(=O)CCCCCCCC. The van der Waals surface area contributed by atoms with Crippen molar-refractivity contribution in [2.45, 2.75) is 344 Å². The molecule has 0 radical (unpaired) electrons. The Hall–Kier alpha value is -2.02.